The van der Waals surface area contributed by atoms with E-state index in [1.807, 2.05) is 4.68 Å². The van der Waals surface area contributed by atoms with Crippen LogP contribution in [0.5, 0.6) is 0 Å². The quantitative estimate of drug-likeness (QED) is 0.838. The molecule has 2 aromatic rings. The molecule has 2 fully saturated rings. The molecule has 21 heavy (non-hydrogen) atoms. The summed E-state index contributed by atoms with van der Waals surface area (Å²) in [6, 6.07) is 0.415. The summed E-state index contributed by atoms with van der Waals surface area (Å²) in [4.78, 5) is 15.0. The largest absolute Gasteiger partial charge is 0.341 e. The van der Waals surface area contributed by atoms with Gasteiger partial charge in [0.25, 0.3) is 0 Å². The van der Waals surface area contributed by atoms with Crippen molar-refractivity contribution >= 4 is 29.3 Å². The molecule has 4 rings (SSSR count). The minimum absolute atomic E-state index is 0.208. The maximum absolute atomic E-state index is 6.02. The summed E-state index contributed by atoms with van der Waals surface area (Å²) in [5, 5.41) is 13.2. The third-order valence-corrected chi connectivity index (χ3v) is 4.49. The molecule has 3 heterocycles. The number of hydrogen-bond donors (Lipinski definition) is 0. The average molecular weight is 325 g/mol. The molecule has 2 aromatic heterocycles. The van der Waals surface area contributed by atoms with Crippen LogP contribution in [0.15, 0.2) is 10.3 Å². The average Bonchev–Trinajstić information content (AvgIpc) is 2.99. The Bertz CT molecular complexity index is 651. The molecule has 0 radical (unpaired) electrons. The molecule has 0 atom stereocenters. The highest BCUT2D eigenvalue weighted by Crippen LogP contribution is 2.37. The summed E-state index contributed by atoms with van der Waals surface area (Å²) in [5.74, 6) is 0.639. The van der Waals surface area contributed by atoms with Crippen LogP contribution in [0.25, 0.3) is 0 Å². The number of hydrogen-bond acceptors (Lipinski definition) is 8. The maximum atomic E-state index is 6.02. The Morgan fingerprint density at radius 2 is 1.90 bits per heavy atom. The lowest BCUT2D eigenvalue weighted by Crippen LogP contribution is -2.21. The number of aromatic nitrogens is 7. The first-order chi connectivity index (χ1) is 10.3. The van der Waals surface area contributed by atoms with Gasteiger partial charge in [0, 0.05) is 13.1 Å². The SMILES string of the molecule is Clc1nc(Sc2nnnn2C2CC2)nc(N2CCCC2)n1. The Morgan fingerprint density at radius 3 is 2.67 bits per heavy atom. The van der Waals surface area contributed by atoms with Gasteiger partial charge < -0.3 is 4.90 Å². The highest BCUT2D eigenvalue weighted by molar-refractivity contribution is 7.99. The third kappa shape index (κ3) is 2.80. The van der Waals surface area contributed by atoms with E-state index < -0.39 is 0 Å². The van der Waals surface area contributed by atoms with Crippen molar-refractivity contribution in [3.63, 3.8) is 0 Å². The summed E-state index contributed by atoms with van der Waals surface area (Å²) in [5.41, 5.74) is 0. The van der Waals surface area contributed by atoms with Crippen LogP contribution in [-0.2, 0) is 0 Å². The highest BCUT2D eigenvalue weighted by atomic mass is 35.5. The Balaban J connectivity index is 1.60. The number of tetrazole rings is 1. The van der Waals surface area contributed by atoms with E-state index >= 15 is 0 Å². The van der Waals surface area contributed by atoms with Crippen molar-refractivity contribution in [2.24, 2.45) is 0 Å². The van der Waals surface area contributed by atoms with Crippen LogP contribution >= 0.6 is 23.4 Å². The van der Waals surface area contributed by atoms with Crippen LogP contribution in [0, 0.1) is 0 Å². The zero-order valence-corrected chi connectivity index (χ0v) is 12.8. The van der Waals surface area contributed by atoms with Crippen molar-refractivity contribution in [2.45, 2.75) is 42.0 Å². The van der Waals surface area contributed by atoms with E-state index in [1.165, 1.54) is 11.8 Å². The fourth-order valence-electron chi connectivity index (χ4n) is 2.31. The van der Waals surface area contributed by atoms with Crippen molar-refractivity contribution in [2.75, 3.05) is 18.0 Å². The molecule has 0 unspecified atom stereocenters. The number of anilines is 1. The zero-order valence-electron chi connectivity index (χ0n) is 11.2. The second-order valence-electron chi connectivity index (χ2n) is 5.12. The van der Waals surface area contributed by atoms with Crippen molar-refractivity contribution in [3.05, 3.63) is 5.28 Å². The van der Waals surface area contributed by atoms with Crippen LogP contribution < -0.4 is 4.90 Å². The predicted octanol–water partition coefficient (Wildman–Crippen LogP) is 1.60. The Hall–Kier alpha value is -1.48. The van der Waals surface area contributed by atoms with Gasteiger partial charge in [0.15, 0.2) is 0 Å². The fraction of sp³-hybridized carbons (Fsp3) is 0.636. The van der Waals surface area contributed by atoms with Crippen LogP contribution in [0.2, 0.25) is 5.28 Å². The predicted molar refractivity (Wildman–Crippen MR) is 76.5 cm³/mol. The van der Waals surface area contributed by atoms with Gasteiger partial charge in [0.2, 0.25) is 21.5 Å². The first-order valence-electron chi connectivity index (χ1n) is 6.92. The van der Waals surface area contributed by atoms with E-state index in [9.17, 15) is 0 Å². The van der Waals surface area contributed by atoms with Gasteiger partial charge >= 0.3 is 0 Å². The van der Waals surface area contributed by atoms with Gasteiger partial charge in [0.1, 0.15) is 0 Å². The molecule has 0 bridgehead atoms. The molecule has 2 aliphatic rings. The van der Waals surface area contributed by atoms with Gasteiger partial charge in [0.05, 0.1) is 6.04 Å². The summed E-state index contributed by atoms with van der Waals surface area (Å²) in [7, 11) is 0. The first-order valence-corrected chi connectivity index (χ1v) is 8.11. The molecule has 1 saturated heterocycles. The van der Waals surface area contributed by atoms with Crippen molar-refractivity contribution in [1.82, 2.24) is 35.2 Å². The first kappa shape index (κ1) is 13.2. The third-order valence-electron chi connectivity index (χ3n) is 3.50. The van der Waals surface area contributed by atoms with Crippen LogP contribution in [0.3, 0.4) is 0 Å². The van der Waals surface area contributed by atoms with Gasteiger partial charge in [-0.2, -0.15) is 15.0 Å². The summed E-state index contributed by atoms with van der Waals surface area (Å²) >= 11 is 7.35. The number of nitrogens with zero attached hydrogens (tertiary/aromatic N) is 8. The monoisotopic (exact) mass is 324 g/mol. The molecular formula is C11H13ClN8S. The van der Waals surface area contributed by atoms with Crippen LogP contribution in [-0.4, -0.2) is 48.2 Å². The molecule has 0 amide bonds. The van der Waals surface area contributed by atoms with E-state index in [1.54, 1.807) is 0 Å². The van der Waals surface area contributed by atoms with Gasteiger partial charge in [-0.05, 0) is 59.5 Å². The van der Waals surface area contributed by atoms with Gasteiger partial charge in [-0.3, -0.25) is 0 Å². The van der Waals surface area contributed by atoms with Gasteiger partial charge in [-0.1, -0.05) is 0 Å². The Labute approximate surface area is 130 Å². The number of halogens is 1. The minimum Gasteiger partial charge on any atom is -0.341 e. The fourth-order valence-corrected chi connectivity index (χ4v) is 3.29. The van der Waals surface area contributed by atoms with E-state index in [0.29, 0.717) is 22.3 Å². The second kappa shape index (κ2) is 5.38. The summed E-state index contributed by atoms with van der Waals surface area (Å²) in [6.07, 6.45) is 4.56. The maximum Gasteiger partial charge on any atom is 0.230 e. The molecule has 1 aliphatic heterocycles. The molecule has 1 aliphatic carbocycles. The lowest BCUT2D eigenvalue weighted by atomic mass is 10.4. The molecule has 0 spiro atoms. The Kier molecular flexibility index (Phi) is 3.38. The normalized spacial score (nSPS) is 18.4. The molecule has 1 saturated carbocycles. The Morgan fingerprint density at radius 1 is 1.10 bits per heavy atom. The van der Waals surface area contributed by atoms with Crippen LogP contribution in [0.4, 0.5) is 5.95 Å². The number of rotatable bonds is 4. The molecule has 110 valence electrons. The second-order valence-corrected chi connectivity index (χ2v) is 6.39. The van der Waals surface area contributed by atoms with E-state index in [4.69, 9.17) is 11.6 Å². The van der Waals surface area contributed by atoms with Gasteiger partial charge in [-0.25, -0.2) is 4.68 Å². The standard InChI is InChI=1S/C11H13ClN8S/c12-8-13-9(19-5-1-2-6-19)15-10(14-8)21-11-16-17-18-20(11)7-3-4-7/h7H,1-6H2. The van der Waals surface area contributed by atoms with E-state index in [-0.39, 0.29) is 5.28 Å². The molecule has 0 N–H and O–H groups in total. The lowest BCUT2D eigenvalue weighted by molar-refractivity contribution is 0.565. The molecule has 8 nitrogen and oxygen atoms in total. The van der Waals surface area contributed by atoms with Crippen molar-refractivity contribution < 1.29 is 0 Å². The molecule has 0 aromatic carbocycles. The van der Waals surface area contributed by atoms with Gasteiger partial charge in [-0.15, -0.1) is 5.10 Å². The smallest absolute Gasteiger partial charge is 0.230 e. The van der Waals surface area contributed by atoms with Crippen molar-refractivity contribution in [1.29, 1.82) is 0 Å². The summed E-state index contributed by atoms with van der Waals surface area (Å²) < 4.78 is 1.83. The highest BCUT2D eigenvalue weighted by Gasteiger charge is 2.28. The summed E-state index contributed by atoms with van der Waals surface area (Å²) in [6.45, 7) is 1.93. The lowest BCUT2D eigenvalue weighted by Gasteiger charge is -2.15. The van der Waals surface area contributed by atoms with E-state index in [0.717, 1.165) is 38.8 Å². The minimum atomic E-state index is 0.208. The van der Waals surface area contributed by atoms with Crippen LogP contribution in [0.1, 0.15) is 31.7 Å². The topological polar surface area (TPSA) is 85.5 Å². The zero-order chi connectivity index (χ0) is 14.2. The molecule has 10 heteroatoms. The van der Waals surface area contributed by atoms with Crippen molar-refractivity contribution in [3.8, 4) is 0 Å². The van der Waals surface area contributed by atoms with E-state index in [2.05, 4.69) is 35.4 Å². The molecular weight excluding hydrogens is 312 g/mol.